The molecule has 0 heterocycles. The lowest BCUT2D eigenvalue weighted by Crippen LogP contribution is -1.86. The van der Waals surface area contributed by atoms with Gasteiger partial charge in [-0.1, -0.05) is 18.2 Å². The lowest BCUT2D eigenvalue weighted by atomic mass is 10.1. The molecule has 2 aromatic rings. The number of hydrogen-bond donors (Lipinski definition) is 1. The SMILES string of the molecule is O=Cc1cc(/C=C/c2ccc([N+](=O)[O-])cc2)ccc1O. The summed E-state index contributed by atoms with van der Waals surface area (Å²) < 4.78 is 0. The molecule has 0 amide bonds. The van der Waals surface area contributed by atoms with Gasteiger partial charge in [0.25, 0.3) is 5.69 Å². The second-order valence-corrected chi connectivity index (χ2v) is 4.12. The highest BCUT2D eigenvalue weighted by atomic mass is 16.6. The number of carbonyl (C=O) groups is 1. The zero-order chi connectivity index (χ0) is 14.5. The average molecular weight is 269 g/mol. The van der Waals surface area contributed by atoms with E-state index in [1.165, 1.54) is 18.2 Å². The fraction of sp³-hybridized carbons (Fsp3) is 0. The molecule has 0 unspecified atom stereocenters. The van der Waals surface area contributed by atoms with Gasteiger partial charge in [-0.2, -0.15) is 0 Å². The number of nitrogens with zero attached hydrogens (tertiary/aromatic N) is 1. The highest BCUT2D eigenvalue weighted by Gasteiger charge is 2.02. The topological polar surface area (TPSA) is 80.4 Å². The fourth-order valence-electron chi connectivity index (χ4n) is 1.67. The van der Waals surface area contributed by atoms with Crippen molar-refractivity contribution in [1.29, 1.82) is 0 Å². The number of hydrogen-bond acceptors (Lipinski definition) is 4. The minimum absolute atomic E-state index is 0.0371. The van der Waals surface area contributed by atoms with E-state index >= 15 is 0 Å². The Morgan fingerprint density at radius 3 is 2.20 bits per heavy atom. The van der Waals surface area contributed by atoms with Gasteiger partial charge in [-0.3, -0.25) is 14.9 Å². The van der Waals surface area contributed by atoms with E-state index in [-0.39, 0.29) is 17.0 Å². The first-order valence-electron chi connectivity index (χ1n) is 5.81. The van der Waals surface area contributed by atoms with Crippen molar-refractivity contribution in [2.75, 3.05) is 0 Å². The van der Waals surface area contributed by atoms with E-state index in [0.29, 0.717) is 6.29 Å². The molecule has 0 bridgehead atoms. The van der Waals surface area contributed by atoms with Crippen LogP contribution in [0.1, 0.15) is 21.5 Å². The number of phenols is 1. The number of rotatable bonds is 4. The predicted molar refractivity (Wildman–Crippen MR) is 75.5 cm³/mol. The third-order valence-electron chi connectivity index (χ3n) is 2.75. The number of nitro benzene ring substituents is 1. The fourth-order valence-corrected chi connectivity index (χ4v) is 1.67. The number of carbonyl (C=O) groups excluding carboxylic acids is 1. The van der Waals surface area contributed by atoms with Gasteiger partial charge in [0, 0.05) is 12.1 Å². The van der Waals surface area contributed by atoms with Crippen molar-refractivity contribution in [3.63, 3.8) is 0 Å². The molecule has 0 radical (unpaired) electrons. The van der Waals surface area contributed by atoms with Gasteiger partial charge in [-0.15, -0.1) is 0 Å². The van der Waals surface area contributed by atoms with Crippen LogP contribution in [0.2, 0.25) is 0 Å². The number of benzene rings is 2. The zero-order valence-corrected chi connectivity index (χ0v) is 10.4. The van der Waals surface area contributed by atoms with Gasteiger partial charge >= 0.3 is 0 Å². The summed E-state index contributed by atoms with van der Waals surface area (Å²) in [5.41, 5.74) is 1.81. The van der Waals surface area contributed by atoms with Crippen LogP contribution in [0.15, 0.2) is 42.5 Å². The Bertz CT molecular complexity index is 675. The van der Waals surface area contributed by atoms with E-state index in [2.05, 4.69) is 0 Å². The molecular weight excluding hydrogens is 258 g/mol. The lowest BCUT2D eigenvalue weighted by molar-refractivity contribution is -0.384. The number of aldehydes is 1. The van der Waals surface area contributed by atoms with Crippen LogP contribution in [0, 0.1) is 10.1 Å². The minimum atomic E-state index is -0.455. The molecule has 5 nitrogen and oxygen atoms in total. The Labute approximate surface area is 115 Å². The molecule has 2 aromatic carbocycles. The first-order valence-corrected chi connectivity index (χ1v) is 5.81. The van der Waals surface area contributed by atoms with Crippen LogP contribution in [0.4, 0.5) is 5.69 Å². The molecule has 0 spiro atoms. The van der Waals surface area contributed by atoms with E-state index in [4.69, 9.17) is 0 Å². The summed E-state index contributed by atoms with van der Waals surface area (Å²) in [5, 5.41) is 19.9. The standard InChI is InChI=1S/C15H11NO4/c17-10-13-9-12(5-8-15(13)18)2-1-11-3-6-14(7-4-11)16(19)20/h1-10,18H/b2-1+. The molecule has 0 saturated heterocycles. The van der Waals surface area contributed by atoms with Gasteiger partial charge in [0.2, 0.25) is 0 Å². The Hall–Kier alpha value is -2.95. The maximum atomic E-state index is 10.7. The van der Waals surface area contributed by atoms with Crippen molar-refractivity contribution in [1.82, 2.24) is 0 Å². The van der Waals surface area contributed by atoms with Gasteiger partial charge < -0.3 is 5.11 Å². The van der Waals surface area contributed by atoms with Crippen molar-refractivity contribution in [3.05, 3.63) is 69.3 Å². The van der Waals surface area contributed by atoms with E-state index < -0.39 is 4.92 Å². The van der Waals surface area contributed by atoms with Gasteiger partial charge in [0.15, 0.2) is 6.29 Å². The Morgan fingerprint density at radius 2 is 1.60 bits per heavy atom. The smallest absolute Gasteiger partial charge is 0.269 e. The summed E-state index contributed by atoms with van der Waals surface area (Å²) in [6.07, 6.45) is 4.11. The van der Waals surface area contributed by atoms with Crippen LogP contribution < -0.4 is 0 Å². The quantitative estimate of drug-likeness (QED) is 0.399. The molecule has 0 fully saturated rings. The van der Waals surface area contributed by atoms with Crippen molar-refractivity contribution in [2.45, 2.75) is 0 Å². The second kappa shape index (κ2) is 5.79. The molecule has 100 valence electrons. The molecule has 0 aliphatic carbocycles. The summed E-state index contributed by atoms with van der Waals surface area (Å²) in [6, 6.07) is 10.8. The number of nitro groups is 1. The number of aromatic hydroxyl groups is 1. The van der Waals surface area contributed by atoms with Gasteiger partial charge in [-0.25, -0.2) is 0 Å². The van der Waals surface area contributed by atoms with Crippen LogP contribution in [-0.4, -0.2) is 16.3 Å². The van der Waals surface area contributed by atoms with Crippen molar-refractivity contribution >= 4 is 24.1 Å². The van der Waals surface area contributed by atoms with E-state index in [9.17, 15) is 20.0 Å². The van der Waals surface area contributed by atoms with Crippen molar-refractivity contribution in [3.8, 4) is 5.75 Å². The predicted octanol–water partition coefficient (Wildman–Crippen LogP) is 3.28. The largest absolute Gasteiger partial charge is 0.507 e. The molecular formula is C15H11NO4. The lowest BCUT2D eigenvalue weighted by Gasteiger charge is -1.99. The van der Waals surface area contributed by atoms with Crippen LogP contribution in [0.25, 0.3) is 12.2 Å². The van der Waals surface area contributed by atoms with Crippen LogP contribution in [0.5, 0.6) is 5.75 Å². The van der Waals surface area contributed by atoms with Crippen molar-refractivity contribution in [2.24, 2.45) is 0 Å². The normalized spacial score (nSPS) is 10.6. The van der Waals surface area contributed by atoms with Gasteiger partial charge in [0.1, 0.15) is 5.75 Å². The van der Waals surface area contributed by atoms with Crippen LogP contribution in [-0.2, 0) is 0 Å². The Morgan fingerprint density at radius 1 is 1.00 bits per heavy atom. The zero-order valence-electron chi connectivity index (χ0n) is 10.4. The molecule has 0 aromatic heterocycles. The monoisotopic (exact) mass is 269 g/mol. The summed E-state index contributed by atoms with van der Waals surface area (Å²) in [5.74, 6) is -0.0625. The molecule has 20 heavy (non-hydrogen) atoms. The second-order valence-electron chi connectivity index (χ2n) is 4.12. The molecule has 0 saturated carbocycles. The third-order valence-corrected chi connectivity index (χ3v) is 2.75. The molecule has 0 aliphatic rings. The summed E-state index contributed by atoms with van der Waals surface area (Å²) >= 11 is 0. The highest BCUT2D eigenvalue weighted by Crippen LogP contribution is 2.19. The highest BCUT2D eigenvalue weighted by molar-refractivity contribution is 5.81. The summed E-state index contributed by atoms with van der Waals surface area (Å²) in [4.78, 5) is 20.8. The van der Waals surface area contributed by atoms with Crippen LogP contribution in [0.3, 0.4) is 0 Å². The maximum absolute atomic E-state index is 10.7. The molecule has 0 atom stereocenters. The molecule has 1 N–H and O–H groups in total. The van der Waals surface area contributed by atoms with Gasteiger partial charge in [-0.05, 0) is 35.4 Å². The molecule has 5 heteroatoms. The maximum Gasteiger partial charge on any atom is 0.269 e. The first-order chi connectivity index (χ1) is 9.60. The first kappa shape index (κ1) is 13.5. The van der Waals surface area contributed by atoms with Gasteiger partial charge in [0.05, 0.1) is 10.5 Å². The summed E-state index contributed by atoms with van der Waals surface area (Å²) in [6.45, 7) is 0. The number of phenolic OH excluding ortho intramolecular Hbond substituents is 1. The van der Waals surface area contributed by atoms with Crippen LogP contribution >= 0.6 is 0 Å². The Kier molecular flexibility index (Phi) is 3.91. The average Bonchev–Trinajstić information content (AvgIpc) is 2.46. The molecule has 2 rings (SSSR count). The summed E-state index contributed by atoms with van der Waals surface area (Å²) in [7, 11) is 0. The molecule has 0 aliphatic heterocycles. The van der Waals surface area contributed by atoms with E-state index in [1.807, 2.05) is 0 Å². The minimum Gasteiger partial charge on any atom is -0.507 e. The van der Waals surface area contributed by atoms with Crippen molar-refractivity contribution < 1.29 is 14.8 Å². The Balaban J connectivity index is 2.20. The third kappa shape index (κ3) is 3.08. The van der Waals surface area contributed by atoms with E-state index in [1.54, 1.807) is 36.4 Å². The van der Waals surface area contributed by atoms with E-state index in [0.717, 1.165) is 11.1 Å². The number of non-ortho nitro benzene ring substituents is 1.